The molecule has 0 aliphatic carbocycles. The van der Waals surface area contributed by atoms with Crippen LogP contribution in [0.3, 0.4) is 0 Å². The minimum absolute atomic E-state index is 0.108. The SMILES string of the molecule is C=CC(=O)[C@@H]1CCCN1C(=O)OC(C)(C)C. The van der Waals surface area contributed by atoms with Gasteiger partial charge in [0.1, 0.15) is 5.60 Å². The first-order valence-electron chi connectivity index (χ1n) is 5.51. The molecule has 1 amide bonds. The van der Waals surface area contributed by atoms with Crippen molar-refractivity contribution >= 4 is 11.9 Å². The largest absolute Gasteiger partial charge is 0.444 e. The molecule has 16 heavy (non-hydrogen) atoms. The van der Waals surface area contributed by atoms with E-state index in [1.54, 1.807) is 0 Å². The summed E-state index contributed by atoms with van der Waals surface area (Å²) < 4.78 is 5.25. The zero-order valence-corrected chi connectivity index (χ0v) is 10.2. The Labute approximate surface area is 96.3 Å². The summed E-state index contributed by atoms with van der Waals surface area (Å²) in [5.41, 5.74) is -0.526. The third-order valence-electron chi connectivity index (χ3n) is 2.41. The summed E-state index contributed by atoms with van der Waals surface area (Å²) >= 11 is 0. The Kier molecular flexibility index (Phi) is 3.73. The lowest BCUT2D eigenvalue weighted by atomic mass is 10.1. The predicted molar refractivity (Wildman–Crippen MR) is 61.2 cm³/mol. The Morgan fingerprint density at radius 1 is 1.44 bits per heavy atom. The summed E-state index contributed by atoms with van der Waals surface area (Å²) in [6.07, 6.45) is 2.39. The van der Waals surface area contributed by atoms with E-state index in [0.717, 1.165) is 6.42 Å². The van der Waals surface area contributed by atoms with Crippen LogP contribution in [0.4, 0.5) is 4.79 Å². The normalized spacial score (nSPS) is 20.7. The molecule has 0 aromatic carbocycles. The second-order valence-electron chi connectivity index (χ2n) is 4.94. The van der Waals surface area contributed by atoms with Crippen molar-refractivity contribution in [3.05, 3.63) is 12.7 Å². The first-order valence-corrected chi connectivity index (χ1v) is 5.51. The molecule has 90 valence electrons. The van der Waals surface area contributed by atoms with Gasteiger partial charge in [0, 0.05) is 6.54 Å². The van der Waals surface area contributed by atoms with Crippen molar-refractivity contribution < 1.29 is 14.3 Å². The van der Waals surface area contributed by atoms with Gasteiger partial charge in [-0.15, -0.1) is 0 Å². The standard InChI is InChI=1S/C12H19NO3/c1-5-10(14)9-7-6-8-13(9)11(15)16-12(2,3)4/h5,9H,1,6-8H2,2-4H3/t9-/m0/s1. The Morgan fingerprint density at radius 2 is 2.06 bits per heavy atom. The topological polar surface area (TPSA) is 46.6 Å². The van der Waals surface area contributed by atoms with Crippen LogP contribution >= 0.6 is 0 Å². The Hall–Kier alpha value is -1.32. The number of nitrogens with zero attached hydrogens (tertiary/aromatic N) is 1. The molecule has 0 spiro atoms. The molecule has 0 aromatic rings. The molecule has 0 N–H and O–H groups in total. The van der Waals surface area contributed by atoms with E-state index in [-0.39, 0.29) is 11.8 Å². The number of hydrogen-bond acceptors (Lipinski definition) is 3. The summed E-state index contributed by atoms with van der Waals surface area (Å²) in [5.74, 6) is -0.108. The lowest BCUT2D eigenvalue weighted by Gasteiger charge is -2.27. The third kappa shape index (κ3) is 3.08. The lowest BCUT2D eigenvalue weighted by Crippen LogP contribution is -2.42. The lowest BCUT2D eigenvalue weighted by molar-refractivity contribution is -0.118. The number of hydrogen-bond donors (Lipinski definition) is 0. The van der Waals surface area contributed by atoms with Crippen molar-refractivity contribution in [2.45, 2.75) is 45.3 Å². The first-order chi connectivity index (χ1) is 7.35. The molecule has 1 saturated heterocycles. The summed E-state index contributed by atoms with van der Waals surface area (Å²) in [6.45, 7) is 9.46. The highest BCUT2D eigenvalue weighted by molar-refractivity contribution is 5.96. The van der Waals surface area contributed by atoms with Crippen LogP contribution < -0.4 is 0 Å². The number of carbonyl (C=O) groups excluding carboxylic acids is 2. The van der Waals surface area contributed by atoms with E-state index in [2.05, 4.69) is 6.58 Å². The maximum absolute atomic E-state index is 11.8. The molecule has 1 fully saturated rings. The Bertz CT molecular complexity index is 304. The molecule has 4 heteroatoms. The smallest absolute Gasteiger partial charge is 0.410 e. The van der Waals surface area contributed by atoms with E-state index < -0.39 is 11.7 Å². The molecule has 1 aliphatic rings. The van der Waals surface area contributed by atoms with Crippen molar-refractivity contribution in [1.82, 2.24) is 4.90 Å². The second-order valence-corrected chi connectivity index (χ2v) is 4.94. The first kappa shape index (κ1) is 12.7. The number of ether oxygens (including phenoxy) is 1. The van der Waals surface area contributed by atoms with E-state index in [0.29, 0.717) is 13.0 Å². The molecule has 0 unspecified atom stereocenters. The van der Waals surface area contributed by atoms with Gasteiger partial charge in [-0.1, -0.05) is 6.58 Å². The highest BCUT2D eigenvalue weighted by atomic mass is 16.6. The zero-order valence-electron chi connectivity index (χ0n) is 10.2. The van der Waals surface area contributed by atoms with Crippen LogP contribution in [0, 0.1) is 0 Å². The van der Waals surface area contributed by atoms with Crippen LogP contribution in [0.15, 0.2) is 12.7 Å². The highest BCUT2D eigenvalue weighted by Crippen LogP contribution is 2.21. The maximum atomic E-state index is 11.8. The average Bonchev–Trinajstić information content (AvgIpc) is 2.62. The van der Waals surface area contributed by atoms with E-state index in [1.165, 1.54) is 11.0 Å². The molecule has 1 aliphatic heterocycles. The monoisotopic (exact) mass is 225 g/mol. The molecular formula is C12H19NO3. The minimum Gasteiger partial charge on any atom is -0.444 e. The van der Waals surface area contributed by atoms with Gasteiger partial charge in [0.2, 0.25) is 0 Å². The fourth-order valence-corrected chi connectivity index (χ4v) is 1.74. The van der Waals surface area contributed by atoms with Crippen LogP contribution in [0.5, 0.6) is 0 Å². The summed E-state index contributed by atoms with van der Waals surface area (Å²) in [5, 5.41) is 0. The third-order valence-corrected chi connectivity index (χ3v) is 2.41. The molecule has 1 heterocycles. The fourth-order valence-electron chi connectivity index (χ4n) is 1.74. The van der Waals surface area contributed by atoms with Gasteiger partial charge in [-0.2, -0.15) is 0 Å². The van der Waals surface area contributed by atoms with Gasteiger partial charge in [-0.3, -0.25) is 9.69 Å². The number of rotatable bonds is 2. The van der Waals surface area contributed by atoms with Crippen LogP contribution in [-0.4, -0.2) is 35.0 Å². The van der Waals surface area contributed by atoms with Crippen molar-refractivity contribution in [2.24, 2.45) is 0 Å². The molecule has 1 rings (SSSR count). The number of likely N-dealkylation sites (tertiary alicyclic amines) is 1. The van der Waals surface area contributed by atoms with E-state index in [4.69, 9.17) is 4.74 Å². The van der Waals surface area contributed by atoms with Crippen LogP contribution in [0.2, 0.25) is 0 Å². The van der Waals surface area contributed by atoms with Gasteiger partial charge in [-0.25, -0.2) is 4.79 Å². The molecule has 0 radical (unpaired) electrons. The van der Waals surface area contributed by atoms with Crippen molar-refractivity contribution in [3.8, 4) is 0 Å². The predicted octanol–water partition coefficient (Wildman–Crippen LogP) is 2.14. The number of amides is 1. The number of ketones is 1. The summed E-state index contributed by atoms with van der Waals surface area (Å²) in [7, 11) is 0. The Morgan fingerprint density at radius 3 is 2.56 bits per heavy atom. The quantitative estimate of drug-likeness (QED) is 0.676. The van der Waals surface area contributed by atoms with Crippen molar-refractivity contribution in [1.29, 1.82) is 0 Å². The van der Waals surface area contributed by atoms with Gasteiger partial charge in [0.25, 0.3) is 0 Å². The molecule has 1 atom stereocenters. The van der Waals surface area contributed by atoms with E-state index in [1.807, 2.05) is 20.8 Å². The molecular weight excluding hydrogens is 206 g/mol. The van der Waals surface area contributed by atoms with Crippen molar-refractivity contribution in [2.75, 3.05) is 6.54 Å². The van der Waals surface area contributed by atoms with Crippen LogP contribution in [0.1, 0.15) is 33.6 Å². The molecule has 0 aromatic heterocycles. The summed E-state index contributed by atoms with van der Waals surface area (Å²) in [6, 6.07) is -0.382. The number of carbonyl (C=O) groups is 2. The molecule has 4 nitrogen and oxygen atoms in total. The van der Waals surface area contributed by atoms with Crippen molar-refractivity contribution in [3.63, 3.8) is 0 Å². The average molecular weight is 225 g/mol. The van der Waals surface area contributed by atoms with Crippen LogP contribution in [0.25, 0.3) is 0 Å². The van der Waals surface area contributed by atoms with Gasteiger partial charge in [0.15, 0.2) is 5.78 Å². The maximum Gasteiger partial charge on any atom is 0.410 e. The van der Waals surface area contributed by atoms with Crippen LogP contribution in [-0.2, 0) is 9.53 Å². The Balaban J connectivity index is 2.68. The summed E-state index contributed by atoms with van der Waals surface area (Å²) in [4.78, 5) is 24.8. The molecule has 0 saturated carbocycles. The van der Waals surface area contributed by atoms with Gasteiger partial charge >= 0.3 is 6.09 Å². The second kappa shape index (κ2) is 4.68. The van der Waals surface area contributed by atoms with Gasteiger partial charge in [-0.05, 0) is 39.7 Å². The fraction of sp³-hybridized carbons (Fsp3) is 0.667. The molecule has 0 bridgehead atoms. The van der Waals surface area contributed by atoms with E-state index in [9.17, 15) is 9.59 Å². The minimum atomic E-state index is -0.526. The highest BCUT2D eigenvalue weighted by Gasteiger charge is 2.35. The van der Waals surface area contributed by atoms with Gasteiger partial charge in [0.05, 0.1) is 6.04 Å². The zero-order chi connectivity index (χ0) is 12.3. The van der Waals surface area contributed by atoms with E-state index >= 15 is 0 Å². The van der Waals surface area contributed by atoms with Gasteiger partial charge < -0.3 is 4.74 Å².